The van der Waals surface area contributed by atoms with E-state index in [-0.39, 0.29) is 0 Å². The molecule has 2 aliphatic carbocycles. The molecular formula is C64H37N3O2. The van der Waals surface area contributed by atoms with Crippen LogP contribution >= 0.6 is 0 Å². The largest absolute Gasteiger partial charge is 0.456 e. The number of benzene rings is 10. The monoisotopic (exact) mass is 879 g/mol. The van der Waals surface area contributed by atoms with Crippen LogP contribution in [0.15, 0.2) is 233 Å². The van der Waals surface area contributed by atoms with E-state index in [4.69, 9.17) is 23.8 Å². The van der Waals surface area contributed by atoms with Gasteiger partial charge in [0, 0.05) is 38.2 Å². The minimum atomic E-state index is -0.650. The molecule has 2 aliphatic rings. The highest BCUT2D eigenvalue weighted by Gasteiger charge is 2.53. The fourth-order valence-electron chi connectivity index (χ4n) is 11.5. The van der Waals surface area contributed by atoms with Gasteiger partial charge in [0.2, 0.25) is 0 Å². The van der Waals surface area contributed by atoms with E-state index in [2.05, 4.69) is 206 Å². The Morgan fingerprint density at radius 1 is 0.275 bits per heavy atom. The van der Waals surface area contributed by atoms with Gasteiger partial charge in [0.15, 0.2) is 17.5 Å². The molecule has 0 bridgehead atoms. The molecule has 69 heavy (non-hydrogen) atoms. The Bertz CT molecular complexity index is 4080. The zero-order chi connectivity index (χ0) is 45.2. The molecular weight excluding hydrogens is 843 g/mol. The SMILES string of the molecule is c1ccc(-c2ccc(-c3nc(-c4ccc(-c5ccccc5)cc4)nc(-c4ccc5oc6ccc7c(c6c5c4)C4(c5ccccc5-c5ccccc54)c4cc5oc6ccccc6c5cc4-7)n3)cc2)cc1. The number of fused-ring (bicyclic) bond motifs is 17. The lowest BCUT2D eigenvalue weighted by molar-refractivity contribution is 0.666. The molecule has 10 aromatic carbocycles. The van der Waals surface area contributed by atoms with Crippen molar-refractivity contribution in [3.63, 3.8) is 0 Å². The highest BCUT2D eigenvalue weighted by atomic mass is 16.3. The van der Waals surface area contributed by atoms with Gasteiger partial charge in [-0.15, -0.1) is 0 Å². The van der Waals surface area contributed by atoms with Crippen molar-refractivity contribution in [1.82, 2.24) is 15.0 Å². The molecule has 3 heterocycles. The normalized spacial score (nSPS) is 13.0. The quantitative estimate of drug-likeness (QED) is 0.172. The van der Waals surface area contributed by atoms with Crippen LogP contribution in [0.2, 0.25) is 0 Å². The first-order chi connectivity index (χ1) is 34.2. The minimum absolute atomic E-state index is 0.583. The molecule has 320 valence electrons. The van der Waals surface area contributed by atoms with Gasteiger partial charge in [-0.1, -0.05) is 182 Å². The van der Waals surface area contributed by atoms with Crippen molar-refractivity contribution in [2.45, 2.75) is 5.41 Å². The summed E-state index contributed by atoms with van der Waals surface area (Å²) in [7, 11) is 0. The molecule has 0 unspecified atom stereocenters. The molecule has 0 saturated carbocycles. The number of hydrogen-bond donors (Lipinski definition) is 0. The van der Waals surface area contributed by atoms with Gasteiger partial charge in [0.1, 0.15) is 22.3 Å². The third-order valence-electron chi connectivity index (χ3n) is 14.6. The van der Waals surface area contributed by atoms with E-state index in [1.807, 2.05) is 18.2 Å². The lowest BCUT2D eigenvalue weighted by Gasteiger charge is -2.31. The van der Waals surface area contributed by atoms with E-state index in [1.54, 1.807) is 0 Å². The van der Waals surface area contributed by atoms with Crippen molar-refractivity contribution >= 4 is 43.9 Å². The summed E-state index contributed by atoms with van der Waals surface area (Å²) >= 11 is 0. The van der Waals surface area contributed by atoms with Crippen LogP contribution in [0.5, 0.6) is 0 Å². The van der Waals surface area contributed by atoms with E-state index in [0.717, 1.165) is 82.8 Å². The second-order valence-corrected chi connectivity index (χ2v) is 18.2. The van der Waals surface area contributed by atoms with Crippen LogP contribution in [0, 0.1) is 0 Å². The van der Waals surface area contributed by atoms with Gasteiger partial charge in [-0.3, -0.25) is 0 Å². The lowest BCUT2D eigenvalue weighted by Crippen LogP contribution is -2.26. The molecule has 5 nitrogen and oxygen atoms in total. The first kappa shape index (κ1) is 38.0. The summed E-state index contributed by atoms with van der Waals surface area (Å²) in [6, 6.07) is 79.5. The van der Waals surface area contributed by atoms with Crippen molar-refractivity contribution < 1.29 is 8.83 Å². The van der Waals surface area contributed by atoms with Crippen LogP contribution in [0.25, 0.3) is 123 Å². The van der Waals surface area contributed by atoms with Gasteiger partial charge in [0.25, 0.3) is 0 Å². The van der Waals surface area contributed by atoms with E-state index >= 15 is 0 Å². The maximum absolute atomic E-state index is 6.88. The third-order valence-corrected chi connectivity index (χ3v) is 14.6. The van der Waals surface area contributed by atoms with E-state index in [0.29, 0.717) is 17.5 Å². The predicted octanol–water partition coefficient (Wildman–Crippen LogP) is 16.3. The maximum atomic E-state index is 6.88. The molecule has 5 heteroatoms. The zero-order valence-corrected chi connectivity index (χ0v) is 37.0. The van der Waals surface area contributed by atoms with Gasteiger partial charge in [-0.05, 0) is 109 Å². The topological polar surface area (TPSA) is 65.0 Å². The molecule has 0 N–H and O–H groups in total. The summed E-state index contributed by atoms with van der Waals surface area (Å²) in [5.41, 5.74) is 19.8. The summed E-state index contributed by atoms with van der Waals surface area (Å²) < 4.78 is 13.5. The highest BCUT2D eigenvalue weighted by molar-refractivity contribution is 6.16. The first-order valence-electron chi connectivity index (χ1n) is 23.4. The van der Waals surface area contributed by atoms with Crippen LogP contribution in [0.3, 0.4) is 0 Å². The summed E-state index contributed by atoms with van der Waals surface area (Å²) in [4.78, 5) is 15.7. The van der Waals surface area contributed by atoms with Gasteiger partial charge in [-0.2, -0.15) is 0 Å². The maximum Gasteiger partial charge on any atom is 0.164 e. The minimum Gasteiger partial charge on any atom is -0.456 e. The highest BCUT2D eigenvalue weighted by Crippen LogP contribution is 2.65. The fourth-order valence-corrected chi connectivity index (χ4v) is 11.5. The molecule has 0 atom stereocenters. The number of hydrogen-bond acceptors (Lipinski definition) is 5. The Hall–Kier alpha value is -9.19. The summed E-state index contributed by atoms with van der Waals surface area (Å²) in [6.45, 7) is 0. The van der Waals surface area contributed by atoms with Crippen LogP contribution in [0.1, 0.15) is 22.3 Å². The number of aromatic nitrogens is 3. The standard InChI is InChI=1S/C64H37N3O2/c1-3-13-38(14-4-1)40-23-27-42(28-24-40)61-65-62(43-29-25-41(26-30-43)39-15-5-2-6-16-39)67-63(66-61)44-31-33-56-51(35-44)59-57(68-56)34-32-48-49-36-50-47-19-9-12-22-55(47)69-58(50)37-54(49)64(60(48)59)52-20-10-7-17-45(52)46-18-8-11-21-53(46)64/h1-37H. The van der Waals surface area contributed by atoms with Crippen LogP contribution < -0.4 is 0 Å². The molecule has 0 radical (unpaired) electrons. The molecule has 15 rings (SSSR count). The van der Waals surface area contributed by atoms with Crippen molar-refractivity contribution in [3.8, 4) is 78.7 Å². The van der Waals surface area contributed by atoms with E-state index < -0.39 is 5.41 Å². The average Bonchev–Trinajstić information content (AvgIpc) is 4.15. The summed E-state index contributed by atoms with van der Waals surface area (Å²) in [6.07, 6.45) is 0. The van der Waals surface area contributed by atoms with Crippen molar-refractivity contribution in [1.29, 1.82) is 0 Å². The smallest absolute Gasteiger partial charge is 0.164 e. The third kappa shape index (κ3) is 5.50. The second kappa shape index (κ2) is 14.4. The first-order valence-corrected chi connectivity index (χ1v) is 23.4. The fraction of sp³-hybridized carbons (Fsp3) is 0.0156. The Balaban J connectivity index is 0.964. The van der Waals surface area contributed by atoms with Gasteiger partial charge < -0.3 is 8.83 Å². The van der Waals surface area contributed by atoms with Crippen LogP contribution in [0.4, 0.5) is 0 Å². The Morgan fingerprint density at radius 3 is 1.39 bits per heavy atom. The average molecular weight is 880 g/mol. The lowest BCUT2D eigenvalue weighted by atomic mass is 9.69. The van der Waals surface area contributed by atoms with Crippen molar-refractivity contribution in [3.05, 3.63) is 247 Å². The molecule has 0 aliphatic heterocycles. The molecule has 0 amide bonds. The van der Waals surface area contributed by atoms with Crippen molar-refractivity contribution in [2.75, 3.05) is 0 Å². The number of furan rings is 2. The number of rotatable bonds is 5. The van der Waals surface area contributed by atoms with Gasteiger partial charge >= 0.3 is 0 Å². The second-order valence-electron chi connectivity index (χ2n) is 18.2. The number of nitrogens with zero attached hydrogens (tertiary/aromatic N) is 3. The van der Waals surface area contributed by atoms with E-state index in [1.165, 1.54) is 44.5 Å². The molecule has 1 spiro atoms. The van der Waals surface area contributed by atoms with Crippen LogP contribution in [-0.2, 0) is 5.41 Å². The molecule has 13 aromatic rings. The Kier molecular flexibility index (Phi) is 7.93. The molecule has 3 aromatic heterocycles. The van der Waals surface area contributed by atoms with Crippen molar-refractivity contribution in [2.24, 2.45) is 0 Å². The Morgan fingerprint density at radius 2 is 0.754 bits per heavy atom. The predicted molar refractivity (Wildman–Crippen MR) is 278 cm³/mol. The van der Waals surface area contributed by atoms with Crippen LogP contribution in [-0.4, -0.2) is 15.0 Å². The Labute approximate surface area is 396 Å². The zero-order valence-electron chi connectivity index (χ0n) is 37.0. The van der Waals surface area contributed by atoms with Gasteiger partial charge in [-0.25, -0.2) is 15.0 Å². The summed E-state index contributed by atoms with van der Waals surface area (Å²) in [5, 5.41) is 4.30. The molecule has 0 saturated heterocycles. The molecule has 0 fully saturated rings. The summed E-state index contributed by atoms with van der Waals surface area (Å²) in [5.74, 6) is 1.79. The number of para-hydroxylation sites is 1. The van der Waals surface area contributed by atoms with E-state index in [9.17, 15) is 0 Å². The van der Waals surface area contributed by atoms with Gasteiger partial charge in [0.05, 0.1) is 5.41 Å².